The summed E-state index contributed by atoms with van der Waals surface area (Å²) < 4.78 is 0. The first-order valence-electron chi connectivity index (χ1n) is 4.09. The minimum absolute atomic E-state index is 0.437. The molecule has 2 nitrogen and oxygen atoms in total. The zero-order chi connectivity index (χ0) is 10.6. The van der Waals surface area contributed by atoms with Crippen molar-refractivity contribution in [1.29, 1.82) is 0 Å². The van der Waals surface area contributed by atoms with Gasteiger partial charge in [-0.15, -0.1) is 0 Å². The van der Waals surface area contributed by atoms with Crippen LogP contribution in [0.15, 0.2) is 30.3 Å². The molecule has 14 heavy (non-hydrogen) atoms. The molecule has 1 rings (SSSR count). The molecule has 1 aromatic carbocycles. The van der Waals surface area contributed by atoms with Gasteiger partial charge in [-0.05, 0) is 5.56 Å². The van der Waals surface area contributed by atoms with Crippen LogP contribution in [0.4, 0.5) is 0 Å². The van der Waals surface area contributed by atoms with Crippen LogP contribution in [0.5, 0.6) is 0 Å². The van der Waals surface area contributed by atoms with Crippen molar-refractivity contribution in [3.05, 3.63) is 35.9 Å². The minimum atomic E-state index is -0.991. The molecule has 0 fully saturated rings. The maximum absolute atomic E-state index is 10.6. The van der Waals surface area contributed by atoms with Crippen LogP contribution in [0.2, 0.25) is 0 Å². The maximum Gasteiger partial charge on any atom is 0.321 e. The van der Waals surface area contributed by atoms with E-state index in [1.165, 1.54) is 0 Å². The van der Waals surface area contributed by atoms with Gasteiger partial charge in [-0.2, -0.15) is 12.6 Å². The van der Waals surface area contributed by atoms with E-state index >= 15 is 0 Å². The maximum atomic E-state index is 10.6. The van der Waals surface area contributed by atoms with Gasteiger partial charge in [0.05, 0.1) is 0 Å². The molecular weight excluding hydrogens is 216 g/mol. The lowest BCUT2D eigenvalue weighted by Crippen LogP contribution is -2.24. The number of aliphatic carboxylic acids is 1. The Hall–Kier alpha value is -0.870. The van der Waals surface area contributed by atoms with Crippen LogP contribution in [-0.4, -0.2) is 21.2 Å². The number of hydrogen-bond acceptors (Lipinski definition) is 3. The molecule has 0 spiro atoms. The molecule has 0 aliphatic carbocycles. The van der Waals surface area contributed by atoms with Crippen LogP contribution in [0, 0.1) is 0 Å². The van der Waals surface area contributed by atoms with Crippen molar-refractivity contribution in [2.45, 2.75) is 11.7 Å². The largest absolute Gasteiger partial charge is 0.480 e. The normalized spacial score (nSPS) is 12.1. The first-order valence-corrected chi connectivity index (χ1v) is 5.01. The van der Waals surface area contributed by atoms with Crippen molar-refractivity contribution in [1.82, 2.24) is 0 Å². The number of thiocarbonyl (C=S) groups is 1. The minimum Gasteiger partial charge on any atom is -0.480 e. The smallest absolute Gasteiger partial charge is 0.321 e. The summed E-state index contributed by atoms with van der Waals surface area (Å²) in [7, 11) is 0. The van der Waals surface area contributed by atoms with Crippen molar-refractivity contribution >= 4 is 35.7 Å². The van der Waals surface area contributed by atoms with Gasteiger partial charge in [0.2, 0.25) is 0 Å². The van der Waals surface area contributed by atoms with Crippen LogP contribution in [-0.2, 0) is 11.2 Å². The molecule has 0 saturated carbocycles. The predicted octanol–water partition coefficient (Wildman–Crippen LogP) is 1.98. The van der Waals surface area contributed by atoms with Gasteiger partial charge >= 0.3 is 5.97 Å². The predicted molar refractivity (Wildman–Crippen MR) is 63.2 cm³/mol. The molecule has 0 aliphatic heterocycles. The van der Waals surface area contributed by atoms with E-state index in [1.54, 1.807) is 0 Å². The second-order valence-electron chi connectivity index (χ2n) is 2.87. The first-order chi connectivity index (χ1) is 6.61. The highest BCUT2D eigenvalue weighted by molar-refractivity contribution is 7.87. The Bertz CT molecular complexity index is 335. The van der Waals surface area contributed by atoms with Gasteiger partial charge in [0.15, 0.2) is 0 Å². The molecule has 1 aromatic rings. The van der Waals surface area contributed by atoms with Gasteiger partial charge in [0.1, 0.15) is 5.25 Å². The number of carbonyl (C=O) groups is 1. The lowest BCUT2D eigenvalue weighted by molar-refractivity contribution is -0.135. The van der Waals surface area contributed by atoms with Crippen molar-refractivity contribution in [3.63, 3.8) is 0 Å². The molecule has 0 amide bonds. The highest BCUT2D eigenvalue weighted by Gasteiger charge is 2.17. The number of thiol groups is 1. The summed E-state index contributed by atoms with van der Waals surface area (Å²) >= 11 is 8.89. The quantitative estimate of drug-likeness (QED) is 0.609. The van der Waals surface area contributed by atoms with E-state index in [0.29, 0.717) is 11.3 Å². The van der Waals surface area contributed by atoms with Gasteiger partial charge < -0.3 is 5.11 Å². The van der Waals surface area contributed by atoms with Crippen molar-refractivity contribution in [3.8, 4) is 0 Å². The summed E-state index contributed by atoms with van der Waals surface area (Å²) in [5, 5.41) is 7.81. The van der Waals surface area contributed by atoms with Crippen LogP contribution in [0.1, 0.15) is 5.56 Å². The zero-order valence-corrected chi connectivity index (χ0v) is 9.09. The van der Waals surface area contributed by atoms with E-state index in [2.05, 4.69) is 12.6 Å². The molecule has 74 valence electrons. The Morgan fingerprint density at radius 1 is 1.43 bits per heavy atom. The molecule has 1 unspecified atom stereocenters. The fourth-order valence-electron chi connectivity index (χ4n) is 1.03. The number of hydrogen-bond donors (Lipinski definition) is 2. The van der Waals surface area contributed by atoms with Crippen molar-refractivity contribution < 1.29 is 9.90 Å². The van der Waals surface area contributed by atoms with Gasteiger partial charge in [-0.1, -0.05) is 42.5 Å². The third-order valence-corrected chi connectivity index (χ3v) is 2.85. The van der Waals surface area contributed by atoms with Gasteiger partial charge in [0.25, 0.3) is 0 Å². The Morgan fingerprint density at radius 3 is 2.50 bits per heavy atom. The number of carboxylic acids is 1. The Balaban J connectivity index is 2.62. The number of rotatable bonds is 4. The summed E-state index contributed by atoms with van der Waals surface area (Å²) in [6.45, 7) is 0. The molecule has 1 atom stereocenters. The second kappa shape index (κ2) is 5.12. The summed E-state index contributed by atoms with van der Waals surface area (Å²) in [4.78, 5) is 11.0. The molecule has 0 bridgehead atoms. The molecule has 4 heteroatoms. The van der Waals surface area contributed by atoms with Gasteiger partial charge in [-0.25, -0.2) is 0 Å². The zero-order valence-electron chi connectivity index (χ0n) is 7.38. The number of carboxylic acid groups (broad SMARTS) is 1. The summed E-state index contributed by atoms with van der Waals surface area (Å²) in [5.41, 5.74) is 1.01. The fourth-order valence-corrected chi connectivity index (χ4v) is 1.39. The molecule has 0 aliphatic rings. The van der Waals surface area contributed by atoms with Crippen LogP contribution in [0.3, 0.4) is 0 Å². The topological polar surface area (TPSA) is 37.3 Å². The summed E-state index contributed by atoms with van der Waals surface area (Å²) in [6, 6.07) is 9.52. The SMILES string of the molecule is O=C(O)C(S)C(=S)Cc1ccccc1. The lowest BCUT2D eigenvalue weighted by atomic mass is 10.1. The molecule has 0 heterocycles. The molecule has 1 N–H and O–H groups in total. The van der Waals surface area contributed by atoms with E-state index in [-0.39, 0.29) is 0 Å². The monoisotopic (exact) mass is 226 g/mol. The van der Waals surface area contributed by atoms with Crippen LogP contribution < -0.4 is 0 Å². The molecular formula is C10H10O2S2. The third-order valence-electron chi connectivity index (χ3n) is 1.76. The Morgan fingerprint density at radius 2 is 2.00 bits per heavy atom. The fraction of sp³-hybridized carbons (Fsp3) is 0.200. The molecule has 0 saturated heterocycles. The Kier molecular flexibility index (Phi) is 4.10. The average Bonchev–Trinajstić information content (AvgIpc) is 2.18. The Labute approximate surface area is 93.4 Å². The highest BCUT2D eigenvalue weighted by Crippen LogP contribution is 2.07. The van der Waals surface area contributed by atoms with E-state index in [1.807, 2.05) is 30.3 Å². The van der Waals surface area contributed by atoms with Crippen LogP contribution in [0.25, 0.3) is 0 Å². The first kappa shape index (κ1) is 11.2. The van der Waals surface area contributed by atoms with E-state index < -0.39 is 11.2 Å². The number of benzene rings is 1. The molecule has 0 aromatic heterocycles. The van der Waals surface area contributed by atoms with Crippen molar-refractivity contribution in [2.75, 3.05) is 0 Å². The van der Waals surface area contributed by atoms with Crippen molar-refractivity contribution in [2.24, 2.45) is 0 Å². The van der Waals surface area contributed by atoms with E-state index in [4.69, 9.17) is 17.3 Å². The van der Waals surface area contributed by atoms with E-state index in [0.717, 1.165) is 5.56 Å². The van der Waals surface area contributed by atoms with Gasteiger partial charge in [0, 0.05) is 11.3 Å². The second-order valence-corrected chi connectivity index (χ2v) is 3.91. The van der Waals surface area contributed by atoms with E-state index in [9.17, 15) is 4.79 Å². The van der Waals surface area contributed by atoms with Gasteiger partial charge in [-0.3, -0.25) is 4.79 Å². The third kappa shape index (κ3) is 3.12. The summed E-state index contributed by atoms with van der Waals surface area (Å²) in [6.07, 6.45) is 0.483. The molecule has 0 radical (unpaired) electrons. The summed E-state index contributed by atoms with van der Waals surface area (Å²) in [5.74, 6) is -0.991. The lowest BCUT2D eigenvalue weighted by Gasteiger charge is -2.07. The average molecular weight is 226 g/mol. The van der Waals surface area contributed by atoms with Crippen LogP contribution >= 0.6 is 24.8 Å². The highest BCUT2D eigenvalue weighted by atomic mass is 32.1. The standard InChI is InChI=1S/C10H10O2S2/c11-10(12)9(14)8(13)6-7-4-2-1-3-5-7/h1-5,9,14H,6H2,(H,11,12).